The van der Waals surface area contributed by atoms with Crippen LogP contribution in [0.25, 0.3) is 0 Å². The highest BCUT2D eigenvalue weighted by Gasteiger charge is 2.30. The van der Waals surface area contributed by atoms with E-state index in [4.69, 9.17) is 10.4 Å². The van der Waals surface area contributed by atoms with Crippen molar-refractivity contribution in [1.82, 2.24) is 4.31 Å². The van der Waals surface area contributed by atoms with Crippen LogP contribution in [0.3, 0.4) is 0 Å². The highest BCUT2D eigenvalue weighted by atomic mass is 32.2. The fourth-order valence-corrected chi connectivity index (χ4v) is 3.13. The monoisotopic (exact) mass is 262 g/mol. The van der Waals surface area contributed by atoms with Gasteiger partial charge in [0.05, 0.1) is 11.8 Å². The van der Waals surface area contributed by atoms with E-state index in [9.17, 15) is 13.2 Å². The van der Waals surface area contributed by atoms with Crippen LogP contribution < -0.4 is 0 Å². The summed E-state index contributed by atoms with van der Waals surface area (Å²) in [5.41, 5.74) is 0. The number of carboxylic acid groups (broad SMARTS) is 1. The lowest BCUT2D eigenvalue weighted by Gasteiger charge is -2.24. The summed E-state index contributed by atoms with van der Waals surface area (Å²) in [6.45, 7) is 3.09. The number of nitriles is 1. The second-order valence-corrected chi connectivity index (χ2v) is 5.74. The fraction of sp³-hybridized carbons (Fsp3) is 0.800. The zero-order chi connectivity index (χ0) is 13.5. The molecule has 0 aromatic rings. The molecule has 0 radical (unpaired) electrons. The number of rotatable bonds is 8. The van der Waals surface area contributed by atoms with Crippen molar-refractivity contribution in [2.24, 2.45) is 0 Å². The Morgan fingerprint density at radius 1 is 1.53 bits per heavy atom. The van der Waals surface area contributed by atoms with Crippen LogP contribution in [-0.2, 0) is 14.8 Å². The minimum Gasteiger partial charge on any atom is -0.480 e. The second-order valence-electron chi connectivity index (χ2n) is 3.70. The molecule has 0 saturated carbocycles. The molecule has 0 heterocycles. The van der Waals surface area contributed by atoms with Crippen LogP contribution in [0.1, 0.15) is 33.1 Å². The quantitative estimate of drug-likeness (QED) is 0.697. The average Bonchev–Trinajstić information content (AvgIpc) is 2.26. The van der Waals surface area contributed by atoms with Gasteiger partial charge in [-0.1, -0.05) is 13.3 Å². The number of hydrogen-bond acceptors (Lipinski definition) is 4. The van der Waals surface area contributed by atoms with Crippen molar-refractivity contribution in [2.75, 3.05) is 12.3 Å². The Kier molecular flexibility index (Phi) is 6.76. The first kappa shape index (κ1) is 15.9. The van der Waals surface area contributed by atoms with Crippen molar-refractivity contribution in [3.63, 3.8) is 0 Å². The molecule has 0 amide bonds. The summed E-state index contributed by atoms with van der Waals surface area (Å²) in [7, 11) is -3.60. The van der Waals surface area contributed by atoms with Gasteiger partial charge in [0, 0.05) is 13.0 Å². The molecular weight excluding hydrogens is 244 g/mol. The largest absolute Gasteiger partial charge is 0.480 e. The molecule has 0 aliphatic heterocycles. The Hall–Kier alpha value is -1.13. The summed E-state index contributed by atoms with van der Waals surface area (Å²) in [4.78, 5) is 10.8. The number of carbonyl (C=O) groups is 1. The summed E-state index contributed by atoms with van der Waals surface area (Å²) in [5, 5.41) is 17.3. The van der Waals surface area contributed by atoms with Crippen molar-refractivity contribution in [3.8, 4) is 6.07 Å². The van der Waals surface area contributed by atoms with E-state index in [1.807, 2.05) is 13.0 Å². The molecule has 1 atom stereocenters. The summed E-state index contributed by atoms with van der Waals surface area (Å²) >= 11 is 0. The van der Waals surface area contributed by atoms with E-state index in [2.05, 4.69) is 0 Å². The Labute approximate surface area is 102 Å². The standard InChI is InChI=1S/C10H18N2O4S/c1-3-4-8-17(15,16)12(7-5-6-11)9(2)10(13)14/h9H,3-5,7-8H2,1-2H3,(H,13,14). The normalized spacial score (nSPS) is 13.3. The van der Waals surface area contributed by atoms with Crippen LogP contribution in [0.5, 0.6) is 0 Å². The molecule has 0 rings (SSSR count). The lowest BCUT2D eigenvalue weighted by Crippen LogP contribution is -2.44. The molecule has 6 nitrogen and oxygen atoms in total. The molecule has 0 aliphatic carbocycles. The molecule has 0 aliphatic rings. The number of hydrogen-bond donors (Lipinski definition) is 1. The van der Waals surface area contributed by atoms with E-state index >= 15 is 0 Å². The van der Waals surface area contributed by atoms with Crippen molar-refractivity contribution >= 4 is 16.0 Å². The number of sulfonamides is 1. The van der Waals surface area contributed by atoms with Gasteiger partial charge in [-0.15, -0.1) is 0 Å². The molecule has 0 aromatic carbocycles. The zero-order valence-electron chi connectivity index (χ0n) is 10.1. The van der Waals surface area contributed by atoms with Crippen LogP contribution in [0.4, 0.5) is 0 Å². The highest BCUT2D eigenvalue weighted by molar-refractivity contribution is 7.89. The first-order valence-corrected chi connectivity index (χ1v) is 7.07. The van der Waals surface area contributed by atoms with Gasteiger partial charge < -0.3 is 5.11 Å². The molecule has 0 spiro atoms. The van der Waals surface area contributed by atoms with Gasteiger partial charge in [-0.3, -0.25) is 4.79 Å². The summed E-state index contributed by atoms with van der Waals surface area (Å²) in [6, 6.07) is 0.687. The van der Waals surface area contributed by atoms with Crippen LogP contribution in [0.2, 0.25) is 0 Å². The van der Waals surface area contributed by atoms with Gasteiger partial charge in [-0.2, -0.15) is 9.57 Å². The molecule has 0 fully saturated rings. The molecule has 98 valence electrons. The van der Waals surface area contributed by atoms with E-state index in [1.54, 1.807) is 0 Å². The first-order chi connectivity index (χ1) is 7.86. The third-order valence-corrected chi connectivity index (χ3v) is 4.36. The topological polar surface area (TPSA) is 98.5 Å². The molecule has 1 N–H and O–H groups in total. The van der Waals surface area contributed by atoms with E-state index in [0.29, 0.717) is 12.8 Å². The molecule has 0 aromatic heterocycles. The van der Waals surface area contributed by atoms with Crippen molar-refractivity contribution in [1.29, 1.82) is 5.26 Å². The molecular formula is C10H18N2O4S. The average molecular weight is 262 g/mol. The molecule has 0 bridgehead atoms. The van der Waals surface area contributed by atoms with Crippen LogP contribution >= 0.6 is 0 Å². The molecule has 1 unspecified atom stereocenters. The van der Waals surface area contributed by atoms with E-state index in [1.165, 1.54) is 6.92 Å². The van der Waals surface area contributed by atoms with E-state index in [0.717, 1.165) is 4.31 Å². The Morgan fingerprint density at radius 3 is 2.53 bits per heavy atom. The number of aliphatic carboxylic acids is 1. The lowest BCUT2D eigenvalue weighted by atomic mass is 10.3. The summed E-state index contributed by atoms with van der Waals surface area (Å²) in [5.74, 6) is -1.28. The SMILES string of the molecule is CCCCS(=O)(=O)N(CCC#N)C(C)C(=O)O. The van der Waals surface area contributed by atoms with Gasteiger partial charge in [0.2, 0.25) is 10.0 Å². The maximum absolute atomic E-state index is 11.9. The first-order valence-electron chi connectivity index (χ1n) is 5.46. The van der Waals surface area contributed by atoms with Gasteiger partial charge in [0.1, 0.15) is 6.04 Å². The minimum absolute atomic E-state index is 0.0109. The second kappa shape index (κ2) is 7.25. The Balaban J connectivity index is 4.91. The third-order valence-electron chi connectivity index (χ3n) is 2.35. The van der Waals surface area contributed by atoms with Gasteiger partial charge in [0.25, 0.3) is 0 Å². The smallest absolute Gasteiger partial charge is 0.321 e. The number of carboxylic acids is 1. The predicted octanol–water partition coefficient (Wildman–Crippen LogP) is 0.805. The van der Waals surface area contributed by atoms with Crippen LogP contribution in [-0.4, -0.2) is 42.1 Å². The predicted molar refractivity (Wildman–Crippen MR) is 62.7 cm³/mol. The van der Waals surface area contributed by atoms with Gasteiger partial charge in [0.15, 0.2) is 0 Å². The fourth-order valence-electron chi connectivity index (χ4n) is 1.30. The van der Waals surface area contributed by atoms with Gasteiger partial charge in [-0.25, -0.2) is 8.42 Å². The van der Waals surface area contributed by atoms with E-state index < -0.39 is 22.0 Å². The Morgan fingerprint density at radius 2 is 2.12 bits per heavy atom. The number of unbranched alkanes of at least 4 members (excludes halogenated alkanes) is 1. The van der Waals surface area contributed by atoms with Crippen molar-refractivity contribution in [3.05, 3.63) is 0 Å². The highest BCUT2D eigenvalue weighted by Crippen LogP contribution is 2.11. The van der Waals surface area contributed by atoms with E-state index in [-0.39, 0.29) is 18.7 Å². The number of nitrogens with zero attached hydrogens (tertiary/aromatic N) is 2. The maximum atomic E-state index is 11.9. The van der Waals surface area contributed by atoms with Crippen molar-refractivity contribution in [2.45, 2.75) is 39.2 Å². The summed E-state index contributed by atoms with van der Waals surface area (Å²) < 4.78 is 24.7. The van der Waals surface area contributed by atoms with Crippen LogP contribution in [0.15, 0.2) is 0 Å². The summed E-state index contributed by atoms with van der Waals surface area (Å²) in [6.07, 6.45) is 1.19. The third kappa shape index (κ3) is 5.15. The van der Waals surface area contributed by atoms with Gasteiger partial charge in [-0.05, 0) is 13.3 Å². The molecule has 0 saturated heterocycles. The molecule has 7 heteroatoms. The molecule has 17 heavy (non-hydrogen) atoms. The van der Waals surface area contributed by atoms with Crippen molar-refractivity contribution < 1.29 is 18.3 Å². The van der Waals surface area contributed by atoms with Gasteiger partial charge >= 0.3 is 5.97 Å². The van der Waals surface area contributed by atoms with Crippen LogP contribution in [0, 0.1) is 11.3 Å². The lowest BCUT2D eigenvalue weighted by molar-refractivity contribution is -0.140. The maximum Gasteiger partial charge on any atom is 0.321 e. The Bertz CT molecular complexity index is 386. The minimum atomic E-state index is -3.60. The zero-order valence-corrected chi connectivity index (χ0v) is 10.9.